The lowest BCUT2D eigenvalue weighted by molar-refractivity contribution is -0.581. The second-order valence-corrected chi connectivity index (χ2v) is 3.01. The number of rotatable bonds is 3. The average molecular weight is 209 g/mol. The lowest BCUT2D eigenvalue weighted by Crippen LogP contribution is -2.40. The number of nitro groups is 1. The maximum Gasteiger partial charge on any atom is 0.344 e. The molecule has 8 heteroatoms. The van der Waals surface area contributed by atoms with Gasteiger partial charge in [-0.05, 0) is 0 Å². The first kappa shape index (κ1) is 11.3. The average Bonchev–Trinajstić information content (AvgIpc) is 2.43. The SMILES string of the molecule is O=[N+]([O-])[C@@H]1O[C@@H]([C@H](O)CO)[C@H](O)[C@H]1O. The highest BCUT2D eigenvalue weighted by atomic mass is 16.7. The summed E-state index contributed by atoms with van der Waals surface area (Å²) in [5.41, 5.74) is 0. The minimum absolute atomic E-state index is 0.709. The number of hydrogen-bond donors (Lipinski definition) is 4. The lowest BCUT2D eigenvalue weighted by Gasteiger charge is -2.17. The third-order valence-corrected chi connectivity index (χ3v) is 2.05. The smallest absolute Gasteiger partial charge is 0.344 e. The van der Waals surface area contributed by atoms with Gasteiger partial charge in [0.15, 0.2) is 6.10 Å². The molecule has 0 amide bonds. The quantitative estimate of drug-likeness (QED) is 0.288. The second kappa shape index (κ2) is 4.15. The van der Waals surface area contributed by atoms with Crippen molar-refractivity contribution in [3.63, 3.8) is 0 Å². The van der Waals surface area contributed by atoms with E-state index in [1.165, 1.54) is 0 Å². The number of hydrogen-bond acceptors (Lipinski definition) is 7. The highest BCUT2D eigenvalue weighted by Gasteiger charge is 2.52. The van der Waals surface area contributed by atoms with Crippen molar-refractivity contribution in [2.24, 2.45) is 0 Å². The molecule has 0 saturated carbocycles. The van der Waals surface area contributed by atoms with Gasteiger partial charge in [-0.3, -0.25) is 10.1 Å². The van der Waals surface area contributed by atoms with E-state index < -0.39 is 42.2 Å². The van der Waals surface area contributed by atoms with Crippen LogP contribution >= 0.6 is 0 Å². The number of ether oxygens (including phenoxy) is 1. The summed E-state index contributed by atoms with van der Waals surface area (Å²) in [6.07, 6.45) is -7.84. The fraction of sp³-hybridized carbons (Fsp3) is 1.00. The first-order valence-corrected chi connectivity index (χ1v) is 3.93. The van der Waals surface area contributed by atoms with E-state index in [4.69, 9.17) is 15.3 Å². The van der Waals surface area contributed by atoms with Crippen LogP contribution in [0.5, 0.6) is 0 Å². The summed E-state index contributed by atoms with van der Waals surface area (Å²) in [5.74, 6) is 0. The molecule has 0 spiro atoms. The molecule has 0 radical (unpaired) electrons. The Morgan fingerprint density at radius 2 is 2.00 bits per heavy atom. The molecule has 0 aliphatic carbocycles. The Morgan fingerprint density at radius 3 is 2.36 bits per heavy atom. The zero-order valence-corrected chi connectivity index (χ0v) is 7.05. The van der Waals surface area contributed by atoms with Crippen molar-refractivity contribution in [1.29, 1.82) is 0 Å². The summed E-state index contributed by atoms with van der Waals surface area (Å²) in [6.45, 7) is -0.709. The summed E-state index contributed by atoms with van der Waals surface area (Å²) in [4.78, 5) is 9.37. The van der Waals surface area contributed by atoms with Crippen molar-refractivity contribution in [3.05, 3.63) is 10.1 Å². The molecule has 1 aliphatic heterocycles. The van der Waals surface area contributed by atoms with E-state index in [0.717, 1.165) is 0 Å². The predicted molar refractivity (Wildman–Crippen MR) is 40.8 cm³/mol. The molecule has 0 unspecified atom stereocenters. The molecule has 1 heterocycles. The highest BCUT2D eigenvalue weighted by molar-refractivity contribution is 4.90. The van der Waals surface area contributed by atoms with Gasteiger partial charge in [-0.2, -0.15) is 0 Å². The molecule has 8 nitrogen and oxygen atoms in total. The molecule has 1 aliphatic rings. The Morgan fingerprint density at radius 1 is 1.43 bits per heavy atom. The van der Waals surface area contributed by atoms with E-state index in [2.05, 4.69) is 4.74 Å². The molecule has 1 rings (SSSR count). The maximum absolute atomic E-state index is 10.3. The summed E-state index contributed by atoms with van der Waals surface area (Å²) in [5, 5.41) is 46.2. The molecule has 1 fully saturated rings. The molecular formula is C6H11NO7. The van der Waals surface area contributed by atoms with Crippen LogP contribution in [-0.2, 0) is 4.74 Å². The first-order valence-electron chi connectivity index (χ1n) is 3.93. The van der Waals surface area contributed by atoms with Crippen LogP contribution in [0.15, 0.2) is 0 Å². The molecule has 5 atom stereocenters. The third-order valence-electron chi connectivity index (χ3n) is 2.05. The van der Waals surface area contributed by atoms with Gasteiger partial charge in [-0.25, -0.2) is 0 Å². The van der Waals surface area contributed by atoms with Crippen LogP contribution in [0.1, 0.15) is 0 Å². The van der Waals surface area contributed by atoms with Gasteiger partial charge in [0.2, 0.25) is 0 Å². The normalized spacial score (nSPS) is 39.7. The van der Waals surface area contributed by atoms with Crippen molar-refractivity contribution in [1.82, 2.24) is 0 Å². The Labute approximate surface area is 78.5 Å². The predicted octanol–water partition coefficient (Wildman–Crippen LogP) is -2.94. The molecule has 82 valence electrons. The van der Waals surface area contributed by atoms with Crippen LogP contribution in [0.2, 0.25) is 0 Å². The van der Waals surface area contributed by atoms with Gasteiger partial charge in [0, 0.05) is 0 Å². The number of aliphatic hydroxyl groups is 4. The van der Waals surface area contributed by atoms with Gasteiger partial charge < -0.3 is 25.2 Å². The van der Waals surface area contributed by atoms with Crippen LogP contribution in [-0.4, -0.2) is 62.6 Å². The molecule has 0 aromatic carbocycles. The largest absolute Gasteiger partial charge is 0.394 e. The van der Waals surface area contributed by atoms with Gasteiger partial charge in [0.25, 0.3) is 0 Å². The van der Waals surface area contributed by atoms with Crippen LogP contribution < -0.4 is 0 Å². The minimum Gasteiger partial charge on any atom is -0.394 e. The fourth-order valence-corrected chi connectivity index (χ4v) is 1.28. The molecule has 1 saturated heterocycles. The molecule has 4 N–H and O–H groups in total. The van der Waals surface area contributed by atoms with Crippen LogP contribution in [0.3, 0.4) is 0 Å². The minimum atomic E-state index is -1.77. The first-order chi connectivity index (χ1) is 6.49. The molecule has 0 aromatic rings. The Bertz CT molecular complexity index is 222. The topological polar surface area (TPSA) is 133 Å². The van der Waals surface area contributed by atoms with E-state index in [-0.39, 0.29) is 0 Å². The Kier molecular flexibility index (Phi) is 3.34. The Hall–Kier alpha value is -0.800. The summed E-state index contributed by atoms with van der Waals surface area (Å²) in [7, 11) is 0. The van der Waals surface area contributed by atoms with E-state index >= 15 is 0 Å². The van der Waals surface area contributed by atoms with Crippen molar-refractivity contribution in [3.8, 4) is 0 Å². The summed E-state index contributed by atoms with van der Waals surface area (Å²) >= 11 is 0. The molecule has 14 heavy (non-hydrogen) atoms. The zero-order chi connectivity index (χ0) is 10.9. The maximum atomic E-state index is 10.3. The summed E-state index contributed by atoms with van der Waals surface area (Å²) < 4.78 is 4.59. The van der Waals surface area contributed by atoms with Gasteiger partial charge in [0.05, 0.1) is 11.5 Å². The van der Waals surface area contributed by atoms with Crippen LogP contribution in [0.25, 0.3) is 0 Å². The van der Waals surface area contributed by atoms with Gasteiger partial charge in [0.1, 0.15) is 18.3 Å². The summed E-state index contributed by atoms with van der Waals surface area (Å²) in [6, 6.07) is 0. The van der Waals surface area contributed by atoms with Crippen LogP contribution in [0, 0.1) is 10.1 Å². The van der Waals surface area contributed by atoms with Crippen molar-refractivity contribution in [2.45, 2.75) is 30.6 Å². The second-order valence-electron chi connectivity index (χ2n) is 3.01. The third kappa shape index (κ3) is 1.83. The monoisotopic (exact) mass is 209 g/mol. The van der Waals surface area contributed by atoms with E-state index in [1.807, 2.05) is 0 Å². The van der Waals surface area contributed by atoms with Gasteiger partial charge in [-0.1, -0.05) is 0 Å². The number of aliphatic hydroxyl groups excluding tert-OH is 4. The van der Waals surface area contributed by atoms with E-state index in [1.54, 1.807) is 0 Å². The van der Waals surface area contributed by atoms with Crippen molar-refractivity contribution in [2.75, 3.05) is 6.61 Å². The standard InChI is InChI=1S/C6H11NO7/c8-1-2(9)5-3(10)4(11)6(14-5)7(12)13/h2-6,8-11H,1H2/t2-,3-,4-,5+,6-/m1/s1. The van der Waals surface area contributed by atoms with Gasteiger partial charge in [-0.15, -0.1) is 0 Å². The number of nitrogens with zero attached hydrogens (tertiary/aromatic N) is 1. The lowest BCUT2D eigenvalue weighted by atomic mass is 10.1. The van der Waals surface area contributed by atoms with E-state index in [0.29, 0.717) is 0 Å². The zero-order valence-electron chi connectivity index (χ0n) is 7.05. The van der Waals surface area contributed by atoms with Crippen LogP contribution in [0.4, 0.5) is 0 Å². The van der Waals surface area contributed by atoms with Crippen molar-refractivity contribution < 1.29 is 30.1 Å². The fourth-order valence-electron chi connectivity index (χ4n) is 1.28. The molecule has 0 bridgehead atoms. The Balaban J connectivity index is 2.71. The van der Waals surface area contributed by atoms with Gasteiger partial charge >= 0.3 is 6.23 Å². The van der Waals surface area contributed by atoms with Crippen molar-refractivity contribution >= 4 is 0 Å². The highest BCUT2D eigenvalue weighted by Crippen LogP contribution is 2.23. The molecular weight excluding hydrogens is 198 g/mol. The molecule has 0 aromatic heterocycles. The van der Waals surface area contributed by atoms with E-state index in [9.17, 15) is 15.2 Å².